The Kier molecular flexibility index (Phi) is 7.61. The molecule has 0 bridgehead atoms. The largest absolute Gasteiger partial charge is 0.360 e. The predicted molar refractivity (Wildman–Crippen MR) is 122 cm³/mol. The van der Waals surface area contributed by atoms with Crippen LogP contribution in [0.15, 0.2) is 65.1 Å². The minimum atomic E-state index is -4.94. The normalized spacial score (nSPS) is 17.6. The first-order valence-corrected chi connectivity index (χ1v) is 12.7. The standard InChI is InChI=1S/C28H27O.ClHO4/c1-20-25-16-8-14-23(18-21-10-4-2-5-11-21)27(25)29-28-24(15-9-17-26(20)28)19-22-12-6-3-7-13-22;2-1(3,4)5/h2-7,10-13,18-19H,8-9,14-17H2,1H3;(H,2,3,4,5)/q+1;/p-1/b23-18+,24-19+;. The molecule has 176 valence electrons. The zero-order valence-corrected chi connectivity index (χ0v) is 19.8. The van der Waals surface area contributed by atoms with Gasteiger partial charge in [-0.3, -0.25) is 0 Å². The first-order valence-electron chi connectivity index (χ1n) is 11.4. The van der Waals surface area contributed by atoms with Crippen LogP contribution in [-0.4, -0.2) is 0 Å². The van der Waals surface area contributed by atoms with Gasteiger partial charge in [-0.05, 0) is 74.3 Å². The van der Waals surface area contributed by atoms with E-state index in [-0.39, 0.29) is 0 Å². The van der Waals surface area contributed by atoms with Crippen LogP contribution in [0.2, 0.25) is 0 Å². The van der Waals surface area contributed by atoms with Crippen molar-refractivity contribution < 1.29 is 33.3 Å². The minimum absolute atomic E-state index is 1.08. The van der Waals surface area contributed by atoms with Crippen LogP contribution >= 0.6 is 0 Å². The van der Waals surface area contributed by atoms with Crippen molar-refractivity contribution in [1.82, 2.24) is 0 Å². The fourth-order valence-corrected chi connectivity index (χ4v) is 4.78. The molecule has 0 radical (unpaired) electrons. The summed E-state index contributed by atoms with van der Waals surface area (Å²) in [5.74, 6) is 2.24. The molecule has 2 aliphatic carbocycles. The molecule has 34 heavy (non-hydrogen) atoms. The third-order valence-electron chi connectivity index (χ3n) is 6.27. The zero-order valence-electron chi connectivity index (χ0n) is 19.1. The molecule has 0 spiro atoms. The summed E-state index contributed by atoms with van der Waals surface area (Å²) in [7, 11) is -4.94. The lowest BCUT2D eigenvalue weighted by molar-refractivity contribution is -2.00. The number of fused-ring (bicyclic) bond motifs is 2. The van der Waals surface area contributed by atoms with Gasteiger partial charge in [0.05, 0.1) is 22.3 Å². The van der Waals surface area contributed by atoms with Crippen molar-refractivity contribution in [2.75, 3.05) is 0 Å². The van der Waals surface area contributed by atoms with Gasteiger partial charge in [-0.25, -0.2) is 23.1 Å². The van der Waals surface area contributed by atoms with E-state index in [4.69, 9.17) is 23.1 Å². The molecule has 0 saturated carbocycles. The zero-order chi connectivity index (χ0) is 24.1. The van der Waals surface area contributed by atoms with Crippen LogP contribution in [-0.2, 0) is 12.8 Å². The summed E-state index contributed by atoms with van der Waals surface area (Å²) in [5.41, 5.74) is 9.50. The van der Waals surface area contributed by atoms with Gasteiger partial charge >= 0.3 is 11.5 Å². The summed E-state index contributed by atoms with van der Waals surface area (Å²) in [6.45, 7) is 2.31. The Morgan fingerprint density at radius 1 is 0.647 bits per heavy atom. The summed E-state index contributed by atoms with van der Waals surface area (Å²) >= 11 is 0. The van der Waals surface area contributed by atoms with Gasteiger partial charge in [-0.2, -0.15) is 0 Å². The van der Waals surface area contributed by atoms with Crippen LogP contribution < -0.4 is 18.6 Å². The van der Waals surface area contributed by atoms with Gasteiger partial charge in [0.2, 0.25) is 0 Å². The third-order valence-corrected chi connectivity index (χ3v) is 6.27. The van der Waals surface area contributed by atoms with Crippen LogP contribution in [0, 0.1) is 17.2 Å². The van der Waals surface area contributed by atoms with Crippen molar-refractivity contribution in [3.05, 3.63) is 100 Å². The maximum Gasteiger partial charge on any atom is 0.360 e. The van der Waals surface area contributed by atoms with E-state index >= 15 is 0 Å². The highest BCUT2D eigenvalue weighted by Gasteiger charge is 2.35. The van der Waals surface area contributed by atoms with Gasteiger partial charge in [-0.1, -0.05) is 60.7 Å². The molecule has 0 fully saturated rings. The summed E-state index contributed by atoms with van der Waals surface area (Å²) in [5, 5.41) is 0. The SMILES string of the molecule is Cc1c2c([o+]c3c1CCC/C3=C\c1ccccc1)/C(=C/c1ccccc1)CCC2.[O-][Cl+3]([O-])([O-])[O-]. The van der Waals surface area contributed by atoms with Crippen LogP contribution in [0.3, 0.4) is 0 Å². The molecule has 0 aliphatic heterocycles. The van der Waals surface area contributed by atoms with Gasteiger partial charge < -0.3 is 0 Å². The van der Waals surface area contributed by atoms with Gasteiger partial charge in [0.15, 0.2) is 0 Å². The van der Waals surface area contributed by atoms with Crippen LogP contribution in [0.1, 0.15) is 65.0 Å². The summed E-state index contributed by atoms with van der Waals surface area (Å²) in [6, 6.07) is 21.3. The van der Waals surface area contributed by atoms with E-state index in [2.05, 4.69) is 79.7 Å². The van der Waals surface area contributed by atoms with Crippen molar-refractivity contribution in [3.8, 4) is 0 Å². The monoisotopic (exact) mass is 478 g/mol. The van der Waals surface area contributed by atoms with Crippen LogP contribution in [0.5, 0.6) is 0 Å². The maximum atomic E-state index is 8.49. The van der Waals surface area contributed by atoms with E-state index in [0.717, 1.165) is 37.2 Å². The molecular weight excluding hydrogens is 452 g/mol. The van der Waals surface area contributed by atoms with Crippen molar-refractivity contribution in [2.24, 2.45) is 0 Å². The van der Waals surface area contributed by atoms with Gasteiger partial charge in [-0.15, -0.1) is 10.2 Å². The predicted octanol–water partition coefficient (Wildman–Crippen LogP) is 2.87. The van der Waals surface area contributed by atoms with E-state index in [1.165, 1.54) is 51.8 Å². The summed E-state index contributed by atoms with van der Waals surface area (Å²) in [6.07, 6.45) is 11.5. The van der Waals surface area contributed by atoms with Gasteiger partial charge in [0, 0.05) is 0 Å². The second-order valence-corrected chi connectivity index (χ2v) is 9.34. The lowest BCUT2D eigenvalue weighted by Gasteiger charge is -2.19. The van der Waals surface area contributed by atoms with E-state index < -0.39 is 10.2 Å². The quantitative estimate of drug-likeness (QED) is 0.527. The molecule has 1 aromatic heterocycles. The number of halogens is 1. The molecular formula is C28H27ClO5. The Balaban J connectivity index is 0.000000499. The van der Waals surface area contributed by atoms with Crippen LogP contribution in [0.25, 0.3) is 23.3 Å². The molecule has 0 saturated heterocycles. The van der Waals surface area contributed by atoms with Crippen molar-refractivity contribution in [1.29, 1.82) is 0 Å². The van der Waals surface area contributed by atoms with E-state index in [0.29, 0.717) is 0 Å². The van der Waals surface area contributed by atoms with E-state index in [9.17, 15) is 0 Å². The minimum Gasteiger partial charge on any atom is -0.222 e. The highest BCUT2D eigenvalue weighted by molar-refractivity contribution is 5.85. The second kappa shape index (κ2) is 10.6. The summed E-state index contributed by atoms with van der Waals surface area (Å²) < 4.78 is 40.7. The Morgan fingerprint density at radius 3 is 1.41 bits per heavy atom. The third kappa shape index (κ3) is 6.20. The van der Waals surface area contributed by atoms with E-state index in [1.807, 2.05) is 0 Å². The fourth-order valence-electron chi connectivity index (χ4n) is 4.78. The molecule has 2 aromatic carbocycles. The molecule has 0 amide bonds. The van der Waals surface area contributed by atoms with Crippen molar-refractivity contribution in [3.63, 3.8) is 0 Å². The first-order chi connectivity index (χ1) is 16.3. The molecule has 2 aliphatic rings. The number of allylic oxidation sites excluding steroid dienone is 2. The number of hydrogen-bond donors (Lipinski definition) is 0. The molecule has 0 N–H and O–H groups in total. The average Bonchev–Trinajstić information content (AvgIpc) is 2.81. The Hall–Kier alpha value is -2.80. The molecule has 0 unspecified atom stereocenters. The Bertz CT molecular complexity index is 1100. The molecule has 6 heteroatoms. The first kappa shape index (κ1) is 24.3. The van der Waals surface area contributed by atoms with Gasteiger partial charge in [0.1, 0.15) is 0 Å². The lowest BCUT2D eigenvalue weighted by Crippen LogP contribution is -2.68. The lowest BCUT2D eigenvalue weighted by atomic mass is 9.82. The topological polar surface area (TPSA) is 104 Å². The molecule has 1 heterocycles. The van der Waals surface area contributed by atoms with E-state index in [1.54, 1.807) is 0 Å². The molecule has 5 nitrogen and oxygen atoms in total. The Morgan fingerprint density at radius 2 is 1.03 bits per heavy atom. The number of hydrogen-bond acceptors (Lipinski definition) is 4. The number of benzene rings is 2. The number of rotatable bonds is 2. The molecule has 3 aromatic rings. The summed E-state index contributed by atoms with van der Waals surface area (Å²) in [4.78, 5) is 0. The fraction of sp³-hybridized carbons (Fsp3) is 0.250. The maximum absolute atomic E-state index is 8.49. The highest BCUT2D eigenvalue weighted by Crippen LogP contribution is 2.42. The molecule has 0 atom stereocenters. The smallest absolute Gasteiger partial charge is 0.222 e. The Labute approximate surface area is 202 Å². The second-order valence-electron chi connectivity index (χ2n) is 8.59. The average molecular weight is 479 g/mol. The van der Waals surface area contributed by atoms with Crippen molar-refractivity contribution in [2.45, 2.75) is 45.4 Å². The van der Waals surface area contributed by atoms with Crippen LogP contribution in [0.4, 0.5) is 0 Å². The van der Waals surface area contributed by atoms with Gasteiger partial charge in [0.25, 0.3) is 0 Å². The van der Waals surface area contributed by atoms with Crippen molar-refractivity contribution >= 4 is 23.3 Å². The molecule has 5 rings (SSSR count). The highest BCUT2D eigenvalue weighted by atomic mass is 35.7.